The summed E-state index contributed by atoms with van der Waals surface area (Å²) in [6.07, 6.45) is 3.97. The van der Waals surface area contributed by atoms with Crippen molar-refractivity contribution in [2.75, 3.05) is 11.0 Å². The number of aromatic nitrogens is 1. The van der Waals surface area contributed by atoms with E-state index in [0.29, 0.717) is 17.0 Å². The number of primary sulfonamides is 1. The molecule has 0 aliphatic rings. The Bertz CT molecular complexity index is 1180. The van der Waals surface area contributed by atoms with E-state index in [9.17, 15) is 16.8 Å². The molecule has 0 spiro atoms. The van der Waals surface area contributed by atoms with E-state index >= 15 is 0 Å². The van der Waals surface area contributed by atoms with E-state index in [1.807, 2.05) is 0 Å². The van der Waals surface area contributed by atoms with Crippen molar-refractivity contribution in [3.05, 3.63) is 54.4 Å². The maximum atomic E-state index is 12.2. The van der Waals surface area contributed by atoms with Crippen LogP contribution in [0, 0.1) is 6.92 Å². The van der Waals surface area contributed by atoms with E-state index in [2.05, 4.69) is 9.71 Å². The molecule has 2 aromatic carbocycles. The number of sulfonamides is 2. The molecule has 3 N–H and O–H groups in total. The first-order chi connectivity index (χ1) is 12.6. The average molecular weight is 407 g/mol. The zero-order valence-electron chi connectivity index (χ0n) is 14.5. The highest BCUT2D eigenvalue weighted by molar-refractivity contribution is 7.92. The first-order valence-electron chi connectivity index (χ1n) is 7.71. The molecule has 3 aromatic rings. The van der Waals surface area contributed by atoms with E-state index in [4.69, 9.17) is 9.56 Å². The predicted octanol–water partition coefficient (Wildman–Crippen LogP) is 2.34. The minimum atomic E-state index is -4.11. The fourth-order valence-corrected chi connectivity index (χ4v) is 4.40. The maximum absolute atomic E-state index is 12.2. The Hall–Kier alpha value is -2.69. The summed E-state index contributed by atoms with van der Waals surface area (Å²) in [5, 5.41) is 5.41. The van der Waals surface area contributed by atoms with Gasteiger partial charge in [0.1, 0.15) is 6.26 Å². The zero-order valence-corrected chi connectivity index (χ0v) is 16.1. The van der Waals surface area contributed by atoms with Gasteiger partial charge in [-0.3, -0.25) is 4.72 Å². The van der Waals surface area contributed by atoms with Gasteiger partial charge in [-0.2, -0.15) is 0 Å². The van der Waals surface area contributed by atoms with Crippen molar-refractivity contribution in [3.8, 4) is 22.6 Å². The van der Waals surface area contributed by atoms with Crippen LogP contribution in [0.4, 0.5) is 5.69 Å². The Morgan fingerprint density at radius 1 is 1.00 bits per heavy atom. The van der Waals surface area contributed by atoms with Gasteiger partial charge in [0.05, 0.1) is 23.0 Å². The van der Waals surface area contributed by atoms with Gasteiger partial charge in [-0.1, -0.05) is 18.2 Å². The van der Waals surface area contributed by atoms with Crippen molar-refractivity contribution in [2.45, 2.75) is 11.8 Å². The molecule has 3 rings (SSSR count). The maximum Gasteiger partial charge on any atom is 0.239 e. The van der Waals surface area contributed by atoms with Crippen molar-refractivity contribution in [1.82, 2.24) is 4.98 Å². The molecule has 0 radical (unpaired) electrons. The Balaban J connectivity index is 2.14. The molecule has 1 aromatic heterocycles. The average Bonchev–Trinajstić information content (AvgIpc) is 3.09. The lowest BCUT2D eigenvalue weighted by Gasteiger charge is -2.16. The summed E-state index contributed by atoms with van der Waals surface area (Å²) >= 11 is 0. The quantitative estimate of drug-likeness (QED) is 0.667. The topological polar surface area (TPSA) is 132 Å². The summed E-state index contributed by atoms with van der Waals surface area (Å²) in [5.74, 6) is 0.442. The van der Waals surface area contributed by atoms with Gasteiger partial charge in [0.15, 0.2) is 0 Å². The number of rotatable bonds is 5. The molecule has 142 valence electrons. The molecular weight excluding hydrogens is 390 g/mol. The van der Waals surface area contributed by atoms with Crippen LogP contribution in [0.25, 0.3) is 22.6 Å². The van der Waals surface area contributed by atoms with Crippen LogP contribution in [-0.4, -0.2) is 28.1 Å². The lowest BCUT2D eigenvalue weighted by Crippen LogP contribution is -2.17. The van der Waals surface area contributed by atoms with Crippen molar-refractivity contribution in [3.63, 3.8) is 0 Å². The molecule has 0 atom stereocenters. The Morgan fingerprint density at radius 3 is 2.15 bits per heavy atom. The lowest BCUT2D eigenvalue weighted by molar-refractivity contribution is 0.574. The van der Waals surface area contributed by atoms with Gasteiger partial charge in [-0.25, -0.2) is 27.0 Å². The second kappa shape index (κ2) is 6.80. The highest BCUT2D eigenvalue weighted by atomic mass is 32.2. The van der Waals surface area contributed by atoms with Crippen LogP contribution in [0.2, 0.25) is 0 Å². The smallest absolute Gasteiger partial charge is 0.239 e. The number of nitrogens with zero attached hydrogens (tertiary/aromatic N) is 1. The third-order valence-corrected chi connectivity index (χ3v) is 5.55. The Kier molecular flexibility index (Phi) is 4.81. The summed E-state index contributed by atoms with van der Waals surface area (Å²) in [6.45, 7) is 1.50. The van der Waals surface area contributed by atoms with E-state index in [1.54, 1.807) is 24.3 Å². The van der Waals surface area contributed by atoms with E-state index < -0.39 is 20.0 Å². The van der Waals surface area contributed by atoms with E-state index in [-0.39, 0.29) is 16.1 Å². The van der Waals surface area contributed by atoms with Gasteiger partial charge >= 0.3 is 0 Å². The first-order valence-corrected chi connectivity index (χ1v) is 11.1. The minimum Gasteiger partial charge on any atom is -0.445 e. The second-order valence-electron chi connectivity index (χ2n) is 5.95. The molecule has 0 bridgehead atoms. The molecule has 1 heterocycles. The predicted molar refractivity (Wildman–Crippen MR) is 102 cm³/mol. The number of anilines is 1. The van der Waals surface area contributed by atoms with Crippen LogP contribution < -0.4 is 9.86 Å². The molecule has 0 aliphatic carbocycles. The number of hydrogen-bond acceptors (Lipinski definition) is 6. The summed E-state index contributed by atoms with van der Waals surface area (Å²) in [5.41, 5.74) is 2.07. The monoisotopic (exact) mass is 407 g/mol. The largest absolute Gasteiger partial charge is 0.445 e. The van der Waals surface area contributed by atoms with E-state index in [1.165, 1.54) is 31.5 Å². The van der Waals surface area contributed by atoms with Gasteiger partial charge in [-0.15, -0.1) is 0 Å². The van der Waals surface area contributed by atoms with Crippen molar-refractivity contribution in [2.24, 2.45) is 5.14 Å². The molecule has 0 saturated carbocycles. The zero-order chi connectivity index (χ0) is 19.8. The standard InChI is InChI=1S/C17H17N3O5S2/c1-11-15(20-26(2,21)22)8-7-14(16(11)27(18,23)24)12-3-5-13(6-4-12)17-19-9-10-25-17/h3-10,20H,1-2H3,(H2,18,23,24). The second-order valence-corrected chi connectivity index (χ2v) is 9.20. The van der Waals surface area contributed by atoms with Crippen LogP contribution in [0.3, 0.4) is 0 Å². The molecule has 0 unspecified atom stereocenters. The van der Waals surface area contributed by atoms with Crippen molar-refractivity contribution >= 4 is 25.7 Å². The number of hydrogen-bond donors (Lipinski definition) is 2. The highest BCUT2D eigenvalue weighted by Crippen LogP contribution is 2.34. The fraction of sp³-hybridized carbons (Fsp3) is 0.118. The molecule has 10 heteroatoms. The molecule has 8 nitrogen and oxygen atoms in total. The first kappa shape index (κ1) is 19.1. The van der Waals surface area contributed by atoms with Crippen LogP contribution in [0.1, 0.15) is 5.56 Å². The number of nitrogens with two attached hydrogens (primary N) is 1. The third kappa shape index (κ3) is 4.18. The summed E-state index contributed by atoms with van der Waals surface area (Å²) in [4.78, 5) is 3.92. The fourth-order valence-electron chi connectivity index (χ4n) is 2.75. The van der Waals surface area contributed by atoms with Crippen LogP contribution in [-0.2, 0) is 20.0 Å². The molecule has 0 saturated heterocycles. The van der Waals surface area contributed by atoms with Gasteiger partial charge in [0.25, 0.3) is 0 Å². The number of benzene rings is 2. The molecule has 0 amide bonds. The molecular formula is C17H17N3O5S2. The number of nitrogens with one attached hydrogen (secondary N) is 1. The van der Waals surface area contributed by atoms with Crippen LogP contribution >= 0.6 is 0 Å². The van der Waals surface area contributed by atoms with Crippen molar-refractivity contribution in [1.29, 1.82) is 0 Å². The SMILES string of the molecule is Cc1c(NS(C)(=O)=O)ccc(-c2ccc(-c3ncco3)cc2)c1S(N)(=O)=O. The summed E-state index contributed by atoms with van der Waals surface area (Å²) in [7, 11) is -7.68. The van der Waals surface area contributed by atoms with Gasteiger partial charge in [-0.05, 0) is 36.2 Å². The van der Waals surface area contributed by atoms with Gasteiger partial charge in [0, 0.05) is 11.1 Å². The highest BCUT2D eigenvalue weighted by Gasteiger charge is 2.22. The Labute approximate surface area is 157 Å². The van der Waals surface area contributed by atoms with Crippen molar-refractivity contribution < 1.29 is 21.3 Å². The van der Waals surface area contributed by atoms with Crippen LogP contribution in [0.15, 0.2) is 58.2 Å². The molecule has 0 aliphatic heterocycles. The Morgan fingerprint density at radius 2 is 1.63 bits per heavy atom. The van der Waals surface area contributed by atoms with Gasteiger partial charge < -0.3 is 4.42 Å². The minimum absolute atomic E-state index is 0.139. The lowest BCUT2D eigenvalue weighted by atomic mass is 10.0. The normalized spacial score (nSPS) is 12.1. The molecule has 27 heavy (non-hydrogen) atoms. The molecule has 0 fully saturated rings. The summed E-state index contributed by atoms with van der Waals surface area (Å²) in [6, 6.07) is 9.93. The van der Waals surface area contributed by atoms with Crippen LogP contribution in [0.5, 0.6) is 0 Å². The number of oxazole rings is 1. The van der Waals surface area contributed by atoms with Gasteiger partial charge in [0.2, 0.25) is 25.9 Å². The summed E-state index contributed by atoms with van der Waals surface area (Å²) < 4.78 is 54.9. The van der Waals surface area contributed by atoms with E-state index in [0.717, 1.165) is 11.8 Å². The third-order valence-electron chi connectivity index (χ3n) is 3.86.